The van der Waals surface area contributed by atoms with Crippen molar-refractivity contribution in [1.29, 1.82) is 0 Å². The number of likely N-dealkylation sites (tertiary alicyclic amines) is 1. The Morgan fingerprint density at radius 2 is 2.04 bits per heavy atom. The van der Waals surface area contributed by atoms with Gasteiger partial charge in [-0.25, -0.2) is 0 Å². The van der Waals surface area contributed by atoms with Crippen molar-refractivity contribution in [1.82, 2.24) is 4.90 Å². The molecule has 0 spiro atoms. The second-order valence-electron chi connectivity index (χ2n) is 5.94. The normalized spacial score (nSPS) is 17.3. The van der Waals surface area contributed by atoms with Crippen molar-refractivity contribution in [3.8, 4) is 0 Å². The number of nitro groups is 1. The topological polar surface area (TPSA) is 115 Å². The maximum atomic E-state index is 11.2. The first-order valence-electron chi connectivity index (χ1n) is 7.43. The number of nitrogens with two attached hydrogens (primary N) is 2. The molecule has 1 amide bonds. The van der Waals surface area contributed by atoms with E-state index in [1.54, 1.807) is 12.1 Å². The Morgan fingerprint density at radius 1 is 1.43 bits per heavy atom. The summed E-state index contributed by atoms with van der Waals surface area (Å²) in [7, 11) is 0. The van der Waals surface area contributed by atoms with Gasteiger partial charge in [0, 0.05) is 29.8 Å². The zero-order valence-electron chi connectivity index (χ0n) is 13.1. The molecular weight excluding hydrogens is 320 g/mol. The van der Waals surface area contributed by atoms with E-state index in [0.717, 1.165) is 25.9 Å². The minimum absolute atomic E-state index is 0. The zero-order chi connectivity index (χ0) is 16.3. The van der Waals surface area contributed by atoms with E-state index in [9.17, 15) is 14.9 Å². The Hall–Kier alpha value is -1.70. The molecule has 1 aliphatic rings. The lowest BCUT2D eigenvalue weighted by molar-refractivity contribution is -0.385. The molecular formula is C15H23ClN4O3. The predicted molar refractivity (Wildman–Crippen MR) is 90.5 cm³/mol. The van der Waals surface area contributed by atoms with Crippen LogP contribution in [0.1, 0.15) is 35.7 Å². The number of benzene rings is 1. The molecule has 0 bridgehead atoms. The number of amides is 1. The lowest BCUT2D eigenvalue weighted by Gasteiger charge is -2.33. The fourth-order valence-corrected chi connectivity index (χ4v) is 2.90. The van der Waals surface area contributed by atoms with E-state index in [1.165, 1.54) is 6.07 Å². The summed E-state index contributed by atoms with van der Waals surface area (Å²) in [6.45, 7) is 4.27. The van der Waals surface area contributed by atoms with E-state index in [0.29, 0.717) is 18.0 Å². The minimum atomic E-state index is -0.660. The number of hydrogen-bond acceptors (Lipinski definition) is 5. The third-order valence-corrected chi connectivity index (χ3v) is 4.34. The molecule has 8 heteroatoms. The maximum Gasteiger partial charge on any atom is 0.274 e. The van der Waals surface area contributed by atoms with Gasteiger partial charge in [-0.2, -0.15) is 0 Å². The Morgan fingerprint density at radius 3 is 2.52 bits per heavy atom. The molecule has 0 aromatic heterocycles. The van der Waals surface area contributed by atoms with Crippen molar-refractivity contribution in [3.05, 3.63) is 39.4 Å². The molecule has 1 aromatic rings. The average molecular weight is 343 g/mol. The number of nitro benzene ring substituents is 1. The van der Waals surface area contributed by atoms with Gasteiger partial charge in [-0.1, -0.05) is 6.07 Å². The second-order valence-corrected chi connectivity index (χ2v) is 5.94. The molecule has 2 rings (SSSR count). The van der Waals surface area contributed by atoms with Gasteiger partial charge in [-0.05, 0) is 44.8 Å². The molecule has 0 saturated carbocycles. The molecule has 0 radical (unpaired) electrons. The van der Waals surface area contributed by atoms with Crippen molar-refractivity contribution in [3.63, 3.8) is 0 Å². The Kier molecular flexibility index (Phi) is 6.93. The van der Waals surface area contributed by atoms with Crippen LogP contribution in [0, 0.1) is 16.0 Å². The molecule has 1 aliphatic heterocycles. The van der Waals surface area contributed by atoms with Crippen molar-refractivity contribution >= 4 is 24.0 Å². The average Bonchev–Trinajstić information content (AvgIpc) is 2.47. The smallest absolute Gasteiger partial charge is 0.274 e. The van der Waals surface area contributed by atoms with Crippen LogP contribution in [0.4, 0.5) is 5.69 Å². The van der Waals surface area contributed by atoms with Crippen LogP contribution in [-0.4, -0.2) is 34.9 Å². The van der Waals surface area contributed by atoms with E-state index in [-0.39, 0.29) is 29.7 Å². The first kappa shape index (κ1) is 19.3. The molecule has 4 N–H and O–H groups in total. The van der Waals surface area contributed by atoms with Crippen LogP contribution in [0.25, 0.3) is 0 Å². The fourth-order valence-electron chi connectivity index (χ4n) is 2.90. The highest BCUT2D eigenvalue weighted by molar-refractivity contribution is 5.93. The van der Waals surface area contributed by atoms with Crippen LogP contribution >= 0.6 is 12.4 Å². The van der Waals surface area contributed by atoms with E-state index in [2.05, 4.69) is 4.90 Å². The number of hydrogen-bond donors (Lipinski definition) is 2. The van der Waals surface area contributed by atoms with Crippen molar-refractivity contribution in [2.75, 3.05) is 13.1 Å². The van der Waals surface area contributed by atoms with Crippen LogP contribution in [0.5, 0.6) is 0 Å². The summed E-state index contributed by atoms with van der Waals surface area (Å²) < 4.78 is 0. The minimum Gasteiger partial charge on any atom is -0.366 e. The molecule has 1 atom stereocenters. The van der Waals surface area contributed by atoms with Crippen LogP contribution in [0.2, 0.25) is 0 Å². The number of carbonyl (C=O) groups excluding carboxylic acids is 1. The number of halogens is 1. The zero-order valence-corrected chi connectivity index (χ0v) is 13.9. The maximum absolute atomic E-state index is 11.2. The molecule has 1 heterocycles. The van der Waals surface area contributed by atoms with Gasteiger partial charge in [0.2, 0.25) is 5.91 Å². The lowest BCUT2D eigenvalue weighted by Crippen LogP contribution is -2.39. The Balaban J connectivity index is 0.00000264. The van der Waals surface area contributed by atoms with Gasteiger partial charge in [0.1, 0.15) is 0 Å². The number of rotatable bonds is 5. The molecule has 1 aromatic carbocycles. The lowest BCUT2D eigenvalue weighted by atomic mass is 9.90. The van der Waals surface area contributed by atoms with Gasteiger partial charge in [0.25, 0.3) is 5.69 Å². The third-order valence-electron chi connectivity index (χ3n) is 4.34. The summed E-state index contributed by atoms with van der Waals surface area (Å²) in [5.41, 5.74) is 11.8. The Labute approximate surface area is 141 Å². The van der Waals surface area contributed by atoms with E-state index in [1.807, 2.05) is 6.92 Å². The summed E-state index contributed by atoms with van der Waals surface area (Å²) in [4.78, 5) is 24.1. The van der Waals surface area contributed by atoms with E-state index < -0.39 is 10.8 Å². The van der Waals surface area contributed by atoms with Gasteiger partial charge in [-0.15, -0.1) is 12.4 Å². The molecule has 1 unspecified atom stereocenters. The first-order valence-corrected chi connectivity index (χ1v) is 7.43. The summed E-state index contributed by atoms with van der Waals surface area (Å²) in [6, 6.07) is 4.60. The summed E-state index contributed by atoms with van der Waals surface area (Å²) in [5, 5.41) is 11.2. The van der Waals surface area contributed by atoms with Gasteiger partial charge in [0.15, 0.2) is 0 Å². The number of carbonyl (C=O) groups is 1. The fraction of sp³-hybridized carbons (Fsp3) is 0.533. The van der Waals surface area contributed by atoms with Crippen molar-refractivity contribution < 1.29 is 9.72 Å². The SMILES string of the molecule is CC(N)C1CCN(Cc2ccc(C(N)=O)cc2[N+](=O)[O-])CC1.Cl. The van der Waals surface area contributed by atoms with E-state index in [4.69, 9.17) is 11.5 Å². The quantitative estimate of drug-likeness (QED) is 0.623. The highest BCUT2D eigenvalue weighted by Gasteiger charge is 2.24. The van der Waals surface area contributed by atoms with E-state index >= 15 is 0 Å². The van der Waals surface area contributed by atoms with Gasteiger partial charge in [0.05, 0.1) is 4.92 Å². The standard InChI is InChI=1S/C15H22N4O3.ClH/c1-10(16)11-4-6-18(7-5-11)9-13-3-2-12(15(17)20)8-14(13)19(21)22;/h2-3,8,10-11H,4-7,9,16H2,1H3,(H2,17,20);1H. The van der Waals surface area contributed by atoms with Crippen LogP contribution in [-0.2, 0) is 6.54 Å². The van der Waals surface area contributed by atoms with Gasteiger partial charge >= 0.3 is 0 Å². The molecule has 1 fully saturated rings. The number of primary amides is 1. The highest BCUT2D eigenvalue weighted by atomic mass is 35.5. The third kappa shape index (κ3) is 4.89. The van der Waals surface area contributed by atoms with Crippen molar-refractivity contribution in [2.45, 2.75) is 32.4 Å². The number of piperidine rings is 1. The van der Waals surface area contributed by atoms with Gasteiger partial charge in [-0.3, -0.25) is 19.8 Å². The number of nitrogens with zero attached hydrogens (tertiary/aromatic N) is 2. The van der Waals surface area contributed by atoms with Crippen molar-refractivity contribution in [2.24, 2.45) is 17.4 Å². The summed E-state index contributed by atoms with van der Waals surface area (Å²) in [6.07, 6.45) is 2.01. The van der Waals surface area contributed by atoms with Crippen LogP contribution in [0.3, 0.4) is 0 Å². The molecule has 23 heavy (non-hydrogen) atoms. The molecule has 7 nitrogen and oxygen atoms in total. The summed E-state index contributed by atoms with van der Waals surface area (Å²) in [5.74, 6) is -0.143. The summed E-state index contributed by atoms with van der Waals surface area (Å²) >= 11 is 0. The van der Waals surface area contributed by atoms with Crippen LogP contribution in [0.15, 0.2) is 18.2 Å². The molecule has 0 aliphatic carbocycles. The predicted octanol–water partition coefficient (Wildman–Crippen LogP) is 1.67. The van der Waals surface area contributed by atoms with Crippen LogP contribution < -0.4 is 11.5 Å². The highest BCUT2D eigenvalue weighted by Crippen LogP contribution is 2.25. The monoisotopic (exact) mass is 342 g/mol. The molecule has 1 saturated heterocycles. The Bertz CT molecular complexity index is 572. The van der Waals surface area contributed by atoms with Gasteiger partial charge < -0.3 is 11.5 Å². The second kappa shape index (κ2) is 8.24. The first-order chi connectivity index (χ1) is 10.4. The largest absolute Gasteiger partial charge is 0.366 e. The molecule has 128 valence electrons.